The van der Waals surface area contributed by atoms with Gasteiger partial charge in [0.15, 0.2) is 16.7 Å². The molecule has 0 unspecified atom stereocenters. The van der Waals surface area contributed by atoms with E-state index in [0.717, 1.165) is 12.8 Å². The molecule has 7 heteroatoms. The number of aromatic nitrogens is 2. The van der Waals surface area contributed by atoms with Gasteiger partial charge >= 0.3 is 5.97 Å². The van der Waals surface area contributed by atoms with E-state index < -0.39 is 5.97 Å². The number of carbonyl (C=O) groups excluding carboxylic acids is 2. The van der Waals surface area contributed by atoms with Crippen LogP contribution in [0, 0.1) is 5.92 Å². The Labute approximate surface area is 102 Å². The molecule has 0 saturated heterocycles. The molecule has 0 atom stereocenters. The van der Waals surface area contributed by atoms with Gasteiger partial charge in [0.25, 0.3) is 0 Å². The third kappa shape index (κ3) is 2.71. The summed E-state index contributed by atoms with van der Waals surface area (Å²) in [7, 11) is 1.22. The van der Waals surface area contributed by atoms with Gasteiger partial charge in [0.1, 0.15) is 0 Å². The van der Waals surface area contributed by atoms with Crippen LogP contribution in [0.3, 0.4) is 0 Å². The molecule has 17 heavy (non-hydrogen) atoms. The summed E-state index contributed by atoms with van der Waals surface area (Å²) < 4.78 is 4.50. The van der Waals surface area contributed by atoms with Crippen LogP contribution in [0.15, 0.2) is 6.20 Å². The Morgan fingerprint density at radius 2 is 2.24 bits per heavy atom. The van der Waals surface area contributed by atoms with Crippen molar-refractivity contribution in [1.82, 2.24) is 9.97 Å². The van der Waals surface area contributed by atoms with Gasteiger partial charge in [0.2, 0.25) is 5.91 Å². The molecule has 1 N–H and O–H groups in total. The van der Waals surface area contributed by atoms with Gasteiger partial charge in [0, 0.05) is 5.92 Å². The predicted octanol–water partition coefficient (Wildman–Crippen LogP) is 1.27. The minimum Gasteiger partial charge on any atom is -0.464 e. The third-order valence-corrected chi connectivity index (χ3v) is 2.58. The van der Waals surface area contributed by atoms with Crippen molar-refractivity contribution in [2.45, 2.75) is 12.8 Å². The minimum atomic E-state index is -0.690. The number of methoxy groups -OCH3 is 1. The van der Waals surface area contributed by atoms with Crippen LogP contribution in [0.25, 0.3) is 0 Å². The largest absolute Gasteiger partial charge is 0.464 e. The number of nitrogens with zero attached hydrogens (tertiary/aromatic N) is 2. The highest BCUT2D eigenvalue weighted by atomic mass is 35.5. The van der Waals surface area contributed by atoms with Gasteiger partial charge < -0.3 is 10.1 Å². The van der Waals surface area contributed by atoms with Crippen molar-refractivity contribution in [3.63, 3.8) is 0 Å². The standard InChI is InChI=1S/C10H10ClN3O3/c1-17-10(16)7-8(11)12-4-6(13-7)14-9(15)5-2-3-5/h4-5H,2-3H2,1H3,(H,13,14,15). The molecule has 1 fully saturated rings. The first-order valence-corrected chi connectivity index (χ1v) is 5.41. The second-order valence-electron chi connectivity index (χ2n) is 3.65. The molecule has 6 nitrogen and oxygen atoms in total. The van der Waals surface area contributed by atoms with Gasteiger partial charge in [-0.2, -0.15) is 0 Å². The molecular formula is C10H10ClN3O3. The number of nitrogens with one attached hydrogen (secondary N) is 1. The van der Waals surface area contributed by atoms with Crippen molar-refractivity contribution in [1.29, 1.82) is 0 Å². The van der Waals surface area contributed by atoms with Crippen LogP contribution in [0.2, 0.25) is 5.15 Å². The zero-order valence-electron chi connectivity index (χ0n) is 9.07. The summed E-state index contributed by atoms with van der Waals surface area (Å²) in [4.78, 5) is 30.4. The highest BCUT2D eigenvalue weighted by molar-refractivity contribution is 6.32. The number of esters is 1. The second-order valence-corrected chi connectivity index (χ2v) is 4.01. The number of halogens is 1. The molecule has 0 radical (unpaired) electrons. The van der Waals surface area contributed by atoms with E-state index in [2.05, 4.69) is 20.0 Å². The molecule has 0 bridgehead atoms. The summed E-state index contributed by atoms with van der Waals surface area (Å²) in [6.45, 7) is 0. The number of carbonyl (C=O) groups is 2. The van der Waals surface area contributed by atoms with Gasteiger partial charge in [-0.25, -0.2) is 14.8 Å². The molecule has 1 amide bonds. The molecule has 0 aromatic carbocycles. The Hall–Kier alpha value is -1.69. The zero-order valence-corrected chi connectivity index (χ0v) is 9.82. The number of rotatable bonds is 3. The molecule has 90 valence electrons. The van der Waals surface area contributed by atoms with Crippen LogP contribution in [0.5, 0.6) is 0 Å². The van der Waals surface area contributed by atoms with E-state index in [4.69, 9.17) is 11.6 Å². The fraction of sp³-hybridized carbons (Fsp3) is 0.400. The van der Waals surface area contributed by atoms with Crippen molar-refractivity contribution in [3.05, 3.63) is 17.0 Å². The maximum Gasteiger partial charge on any atom is 0.359 e. The number of amides is 1. The number of ether oxygens (including phenoxy) is 1. The first kappa shape index (κ1) is 11.8. The predicted molar refractivity (Wildman–Crippen MR) is 59.7 cm³/mol. The summed E-state index contributed by atoms with van der Waals surface area (Å²) >= 11 is 5.69. The number of anilines is 1. The zero-order chi connectivity index (χ0) is 12.4. The molecule has 1 aliphatic rings. The maximum absolute atomic E-state index is 11.5. The van der Waals surface area contributed by atoms with Crippen molar-refractivity contribution in [2.24, 2.45) is 5.92 Å². The fourth-order valence-electron chi connectivity index (χ4n) is 1.23. The van der Waals surface area contributed by atoms with Crippen LogP contribution in [-0.2, 0) is 9.53 Å². The molecule has 1 saturated carbocycles. The van der Waals surface area contributed by atoms with Crippen molar-refractivity contribution >= 4 is 29.3 Å². The monoisotopic (exact) mass is 255 g/mol. The van der Waals surface area contributed by atoms with Gasteiger partial charge in [-0.05, 0) is 12.8 Å². The summed E-state index contributed by atoms with van der Waals surface area (Å²) in [6, 6.07) is 0. The molecule has 1 aromatic rings. The molecule has 0 spiro atoms. The number of hydrogen-bond donors (Lipinski definition) is 1. The van der Waals surface area contributed by atoms with Crippen LogP contribution in [0.1, 0.15) is 23.3 Å². The van der Waals surface area contributed by atoms with Crippen molar-refractivity contribution in [3.8, 4) is 0 Å². The van der Waals surface area contributed by atoms with Gasteiger partial charge in [0.05, 0.1) is 13.3 Å². The summed E-state index contributed by atoms with van der Waals surface area (Å²) in [6.07, 6.45) is 3.07. The van der Waals surface area contributed by atoms with E-state index in [1.165, 1.54) is 13.3 Å². The lowest BCUT2D eigenvalue weighted by Gasteiger charge is -2.05. The quantitative estimate of drug-likeness (QED) is 0.823. The van der Waals surface area contributed by atoms with Gasteiger partial charge in [-0.3, -0.25) is 4.79 Å². The molecule has 1 heterocycles. The average molecular weight is 256 g/mol. The van der Waals surface area contributed by atoms with Crippen LogP contribution < -0.4 is 5.32 Å². The van der Waals surface area contributed by atoms with E-state index in [1.54, 1.807) is 0 Å². The Balaban J connectivity index is 2.17. The molecule has 1 aliphatic carbocycles. The normalized spacial score (nSPS) is 14.2. The second kappa shape index (κ2) is 4.67. The average Bonchev–Trinajstić information content (AvgIpc) is 3.14. The van der Waals surface area contributed by atoms with E-state index in [0.29, 0.717) is 0 Å². The smallest absolute Gasteiger partial charge is 0.359 e. The van der Waals surface area contributed by atoms with E-state index in [1.807, 2.05) is 0 Å². The lowest BCUT2D eigenvalue weighted by atomic mass is 10.4. The van der Waals surface area contributed by atoms with Crippen molar-refractivity contribution < 1.29 is 14.3 Å². The minimum absolute atomic E-state index is 0.0501. The van der Waals surface area contributed by atoms with E-state index >= 15 is 0 Å². The third-order valence-electron chi connectivity index (χ3n) is 2.31. The summed E-state index contributed by atoms with van der Waals surface area (Å²) in [5.41, 5.74) is -0.109. The fourth-order valence-corrected chi connectivity index (χ4v) is 1.40. The summed E-state index contributed by atoms with van der Waals surface area (Å²) in [5, 5.41) is 2.52. The lowest BCUT2D eigenvalue weighted by molar-refractivity contribution is -0.117. The molecule has 1 aromatic heterocycles. The SMILES string of the molecule is COC(=O)c1nc(NC(=O)C2CC2)cnc1Cl. The first-order valence-electron chi connectivity index (χ1n) is 5.03. The Bertz CT molecular complexity index is 474. The van der Waals surface area contributed by atoms with Crippen molar-refractivity contribution in [2.75, 3.05) is 12.4 Å². The lowest BCUT2D eigenvalue weighted by Crippen LogP contribution is -2.16. The molecule has 2 rings (SSSR count). The van der Waals surface area contributed by atoms with Crippen LogP contribution in [0.4, 0.5) is 5.82 Å². The number of hydrogen-bond acceptors (Lipinski definition) is 5. The van der Waals surface area contributed by atoms with E-state index in [-0.39, 0.29) is 28.5 Å². The molecule has 0 aliphatic heterocycles. The van der Waals surface area contributed by atoms with Crippen LogP contribution >= 0.6 is 11.6 Å². The highest BCUT2D eigenvalue weighted by Gasteiger charge is 2.30. The van der Waals surface area contributed by atoms with Gasteiger partial charge in [-0.1, -0.05) is 11.6 Å². The Morgan fingerprint density at radius 3 is 2.82 bits per heavy atom. The first-order chi connectivity index (χ1) is 8.11. The van der Waals surface area contributed by atoms with Crippen LogP contribution in [-0.4, -0.2) is 29.0 Å². The summed E-state index contributed by atoms with van der Waals surface area (Å²) in [5.74, 6) is -0.553. The Morgan fingerprint density at radius 1 is 1.53 bits per heavy atom. The topological polar surface area (TPSA) is 81.2 Å². The van der Waals surface area contributed by atoms with Gasteiger partial charge in [-0.15, -0.1) is 0 Å². The van der Waals surface area contributed by atoms with E-state index in [9.17, 15) is 9.59 Å². The maximum atomic E-state index is 11.5. The Kier molecular flexibility index (Phi) is 3.23. The highest BCUT2D eigenvalue weighted by Crippen LogP contribution is 2.30. The molecular weight excluding hydrogens is 246 g/mol.